The van der Waals surface area contributed by atoms with Crippen LogP contribution >= 0.6 is 22.9 Å². The highest BCUT2D eigenvalue weighted by atomic mass is 35.5. The first-order valence-corrected chi connectivity index (χ1v) is 9.57. The van der Waals surface area contributed by atoms with Crippen molar-refractivity contribution in [2.45, 2.75) is 24.2 Å². The molecule has 124 valence electrons. The number of sulfonamides is 1. The predicted octanol–water partition coefficient (Wildman–Crippen LogP) is 1.60. The molecule has 0 spiro atoms. The van der Waals surface area contributed by atoms with Gasteiger partial charge in [-0.25, -0.2) is 13.1 Å². The van der Waals surface area contributed by atoms with Crippen molar-refractivity contribution in [1.82, 2.24) is 4.72 Å². The van der Waals surface area contributed by atoms with E-state index in [1.165, 1.54) is 35.6 Å². The van der Waals surface area contributed by atoms with Gasteiger partial charge in [-0.15, -0.1) is 11.3 Å². The summed E-state index contributed by atoms with van der Waals surface area (Å²) in [5, 5.41) is 11.0. The van der Waals surface area contributed by atoms with E-state index in [4.69, 9.17) is 11.6 Å². The third-order valence-corrected chi connectivity index (χ3v) is 5.93. The molecule has 0 aliphatic carbocycles. The smallest absolute Gasteiger partial charge is 0.240 e. The molecule has 1 aromatic heterocycles. The second-order valence-corrected chi connectivity index (χ2v) is 8.33. The number of halogens is 1. The zero-order valence-corrected chi connectivity index (χ0v) is 14.5. The molecule has 0 saturated heterocycles. The Balaban J connectivity index is 1.81. The lowest BCUT2D eigenvalue weighted by atomic mass is 10.2. The molecular formula is C15H15ClNO4S2-. The molecule has 0 amide bonds. The molecule has 0 fully saturated rings. The summed E-state index contributed by atoms with van der Waals surface area (Å²) in [7, 11) is -3.53. The molecular weight excluding hydrogens is 358 g/mol. The number of benzene rings is 1. The van der Waals surface area contributed by atoms with Crippen LogP contribution in [-0.4, -0.2) is 20.9 Å². The van der Waals surface area contributed by atoms with Crippen LogP contribution < -0.4 is 9.83 Å². The number of hydrogen-bond acceptors (Lipinski definition) is 5. The summed E-state index contributed by atoms with van der Waals surface area (Å²) in [5.74, 6) is -1.10. The first-order valence-electron chi connectivity index (χ1n) is 6.89. The molecule has 0 radical (unpaired) electrons. The van der Waals surface area contributed by atoms with E-state index in [9.17, 15) is 18.3 Å². The Kier molecular flexibility index (Phi) is 6.17. The van der Waals surface area contributed by atoms with Crippen molar-refractivity contribution in [1.29, 1.82) is 0 Å². The first kappa shape index (κ1) is 17.9. The van der Waals surface area contributed by atoms with Gasteiger partial charge < -0.3 is 9.90 Å². The van der Waals surface area contributed by atoms with Crippen LogP contribution in [0.1, 0.15) is 16.2 Å². The molecule has 0 aliphatic heterocycles. The minimum Gasteiger partial charge on any atom is -0.550 e. The average molecular weight is 373 g/mol. The van der Waals surface area contributed by atoms with Crippen molar-refractivity contribution in [3.8, 4) is 0 Å². The third kappa shape index (κ3) is 5.62. The molecule has 0 saturated carbocycles. The molecule has 0 bridgehead atoms. The summed E-state index contributed by atoms with van der Waals surface area (Å²) in [6, 6.07) is 9.58. The highest BCUT2D eigenvalue weighted by Gasteiger charge is 2.12. The molecule has 0 atom stereocenters. The molecule has 8 heteroatoms. The lowest BCUT2D eigenvalue weighted by Gasteiger charge is -2.06. The van der Waals surface area contributed by atoms with E-state index >= 15 is 0 Å². The van der Waals surface area contributed by atoms with E-state index in [1.807, 2.05) is 6.07 Å². The Morgan fingerprint density at radius 2 is 1.78 bits per heavy atom. The molecule has 23 heavy (non-hydrogen) atoms. The van der Waals surface area contributed by atoms with Crippen molar-refractivity contribution in [3.63, 3.8) is 0 Å². The standard InChI is InChI=1S/C15H16ClNO4S2/c16-11-3-7-14(8-4-11)23(20,21)17-9-1-2-12-5-6-13(22-12)10-15(18)19/h3-8,17H,1-2,9-10H2,(H,18,19)/p-1. The van der Waals surface area contributed by atoms with E-state index in [1.54, 1.807) is 6.07 Å². The van der Waals surface area contributed by atoms with Gasteiger partial charge in [0.2, 0.25) is 10.0 Å². The number of thiophene rings is 1. The minimum absolute atomic E-state index is 0.0894. The summed E-state index contributed by atoms with van der Waals surface area (Å²) in [6.07, 6.45) is 1.22. The SMILES string of the molecule is O=C([O-])Cc1ccc(CCCNS(=O)(=O)c2ccc(Cl)cc2)s1. The maximum Gasteiger partial charge on any atom is 0.240 e. The topological polar surface area (TPSA) is 86.3 Å². The van der Waals surface area contributed by atoms with E-state index < -0.39 is 16.0 Å². The van der Waals surface area contributed by atoms with E-state index in [-0.39, 0.29) is 11.3 Å². The van der Waals surface area contributed by atoms with E-state index in [0.29, 0.717) is 24.4 Å². The van der Waals surface area contributed by atoms with Gasteiger partial charge in [-0.1, -0.05) is 11.6 Å². The number of hydrogen-bond donors (Lipinski definition) is 1. The van der Waals surface area contributed by atoms with Crippen LogP contribution in [0.4, 0.5) is 0 Å². The van der Waals surface area contributed by atoms with Crippen LogP contribution in [0, 0.1) is 0 Å². The zero-order valence-electron chi connectivity index (χ0n) is 12.1. The highest BCUT2D eigenvalue weighted by molar-refractivity contribution is 7.89. The van der Waals surface area contributed by atoms with Crippen LogP contribution in [0.25, 0.3) is 0 Å². The Labute approximate surface area is 144 Å². The molecule has 2 aromatic rings. The van der Waals surface area contributed by atoms with Gasteiger partial charge in [0.25, 0.3) is 0 Å². The van der Waals surface area contributed by atoms with Gasteiger partial charge in [0.05, 0.1) is 4.90 Å². The fourth-order valence-electron chi connectivity index (χ4n) is 1.96. The predicted molar refractivity (Wildman–Crippen MR) is 88.0 cm³/mol. The summed E-state index contributed by atoms with van der Waals surface area (Å²) in [6.45, 7) is 0.304. The number of rotatable bonds is 8. The second-order valence-electron chi connectivity index (χ2n) is 4.87. The van der Waals surface area contributed by atoms with Gasteiger partial charge >= 0.3 is 0 Å². The van der Waals surface area contributed by atoms with E-state index in [0.717, 1.165) is 9.75 Å². The molecule has 1 N–H and O–H groups in total. The summed E-state index contributed by atoms with van der Waals surface area (Å²) in [5.41, 5.74) is 0. The Hall–Kier alpha value is -1.41. The molecule has 1 aromatic carbocycles. The van der Waals surface area contributed by atoms with Gasteiger partial charge in [-0.3, -0.25) is 0 Å². The summed E-state index contributed by atoms with van der Waals surface area (Å²) < 4.78 is 26.6. The van der Waals surface area contributed by atoms with Gasteiger partial charge in [0, 0.05) is 33.7 Å². The lowest BCUT2D eigenvalue weighted by molar-refractivity contribution is -0.304. The van der Waals surface area contributed by atoms with Crippen molar-refractivity contribution in [2.75, 3.05) is 6.54 Å². The van der Waals surface area contributed by atoms with Gasteiger partial charge in [-0.05, 0) is 49.2 Å². The number of aliphatic carboxylic acids is 1. The molecule has 5 nitrogen and oxygen atoms in total. The monoisotopic (exact) mass is 372 g/mol. The van der Waals surface area contributed by atoms with Gasteiger partial charge in [0.15, 0.2) is 0 Å². The van der Waals surface area contributed by atoms with Gasteiger partial charge in [0.1, 0.15) is 0 Å². The van der Waals surface area contributed by atoms with E-state index in [2.05, 4.69) is 4.72 Å². The number of carboxylic acids is 1. The highest BCUT2D eigenvalue weighted by Crippen LogP contribution is 2.18. The average Bonchev–Trinajstić information content (AvgIpc) is 2.91. The number of carbonyl (C=O) groups is 1. The van der Waals surface area contributed by atoms with Crippen LogP contribution in [0.15, 0.2) is 41.3 Å². The zero-order chi connectivity index (χ0) is 16.9. The summed E-state index contributed by atoms with van der Waals surface area (Å²) >= 11 is 7.14. The lowest BCUT2D eigenvalue weighted by Crippen LogP contribution is -2.25. The number of aryl methyl sites for hydroxylation is 1. The van der Waals surface area contributed by atoms with Crippen LogP contribution in [0.5, 0.6) is 0 Å². The van der Waals surface area contributed by atoms with Crippen molar-refractivity contribution in [2.24, 2.45) is 0 Å². The minimum atomic E-state index is -3.53. The largest absolute Gasteiger partial charge is 0.550 e. The fourth-order valence-corrected chi connectivity index (χ4v) is 4.21. The Bertz CT molecular complexity index is 769. The van der Waals surface area contributed by atoms with Crippen LogP contribution in [0.2, 0.25) is 5.02 Å². The van der Waals surface area contributed by atoms with Crippen molar-refractivity contribution in [3.05, 3.63) is 51.2 Å². The molecule has 0 aliphatic rings. The summed E-state index contributed by atoms with van der Waals surface area (Å²) in [4.78, 5) is 12.4. The quantitative estimate of drug-likeness (QED) is 0.713. The number of nitrogens with one attached hydrogen (secondary N) is 1. The van der Waals surface area contributed by atoms with Crippen LogP contribution in [-0.2, 0) is 27.7 Å². The van der Waals surface area contributed by atoms with Crippen molar-refractivity contribution < 1.29 is 18.3 Å². The first-order chi connectivity index (χ1) is 10.9. The maximum atomic E-state index is 12.1. The number of carboxylic acid groups (broad SMARTS) is 1. The normalized spacial score (nSPS) is 11.5. The molecule has 2 rings (SSSR count). The fraction of sp³-hybridized carbons (Fsp3) is 0.267. The van der Waals surface area contributed by atoms with Crippen molar-refractivity contribution >= 4 is 38.9 Å². The van der Waals surface area contributed by atoms with Crippen LogP contribution in [0.3, 0.4) is 0 Å². The Morgan fingerprint density at radius 1 is 1.13 bits per heavy atom. The number of carbonyl (C=O) groups excluding carboxylic acids is 1. The maximum absolute atomic E-state index is 12.1. The van der Waals surface area contributed by atoms with Gasteiger partial charge in [-0.2, -0.15) is 0 Å². The molecule has 0 unspecified atom stereocenters. The molecule has 1 heterocycles. The third-order valence-electron chi connectivity index (χ3n) is 3.05. The Morgan fingerprint density at radius 3 is 2.43 bits per heavy atom. The second kappa shape index (κ2) is 7.92.